The van der Waals surface area contributed by atoms with E-state index >= 15 is 0 Å². The van der Waals surface area contributed by atoms with Gasteiger partial charge in [0.05, 0.1) is 31.9 Å². The summed E-state index contributed by atoms with van der Waals surface area (Å²) in [4.78, 5) is 17.9. The highest BCUT2D eigenvalue weighted by atomic mass is 32.2. The second-order valence-corrected chi connectivity index (χ2v) is 9.47. The van der Waals surface area contributed by atoms with Crippen LogP contribution in [0.1, 0.15) is 21.6 Å². The topological polar surface area (TPSA) is 96.7 Å². The Balaban J connectivity index is 1.92. The van der Waals surface area contributed by atoms with Gasteiger partial charge in [0, 0.05) is 11.8 Å². The summed E-state index contributed by atoms with van der Waals surface area (Å²) in [7, 11) is 0.324. The Bertz CT molecular complexity index is 1470. The van der Waals surface area contributed by atoms with E-state index in [4.69, 9.17) is 14.2 Å². The number of ketones is 1. The molecule has 35 heavy (non-hydrogen) atoms. The summed E-state index contributed by atoms with van der Waals surface area (Å²) in [5, 5.41) is -0.256. The molecule has 8 nitrogen and oxygen atoms in total. The van der Waals surface area contributed by atoms with E-state index in [2.05, 4.69) is 4.98 Å². The van der Waals surface area contributed by atoms with Crippen molar-refractivity contribution in [3.05, 3.63) is 89.7 Å². The summed E-state index contributed by atoms with van der Waals surface area (Å²) >= 11 is 0. The number of hydrogen-bond donors (Lipinski definition) is 0. The van der Waals surface area contributed by atoms with E-state index in [0.29, 0.717) is 22.9 Å². The van der Waals surface area contributed by atoms with Crippen LogP contribution < -0.4 is 14.2 Å². The van der Waals surface area contributed by atoms with Crippen LogP contribution in [-0.4, -0.2) is 45.1 Å². The van der Waals surface area contributed by atoms with Crippen LogP contribution in [0, 0.1) is 6.92 Å². The van der Waals surface area contributed by atoms with Gasteiger partial charge in [0.15, 0.2) is 11.5 Å². The van der Waals surface area contributed by atoms with Crippen molar-refractivity contribution in [3.8, 4) is 22.9 Å². The Morgan fingerprint density at radius 2 is 1.46 bits per heavy atom. The molecular formula is C26H24N2O6S. The Morgan fingerprint density at radius 1 is 0.857 bits per heavy atom. The van der Waals surface area contributed by atoms with Crippen molar-refractivity contribution in [2.75, 3.05) is 21.3 Å². The molecule has 0 atom stereocenters. The molecule has 180 valence electrons. The van der Waals surface area contributed by atoms with Crippen LogP contribution in [0.5, 0.6) is 17.2 Å². The fourth-order valence-electron chi connectivity index (χ4n) is 3.73. The SMILES string of the molecule is COc1cc(C(=O)c2cn(-c3ccccc3C)c(S(=O)(=O)c3ccccc3)n2)cc(OC)c1OC. The molecule has 0 saturated carbocycles. The third-order valence-electron chi connectivity index (χ3n) is 5.50. The number of methoxy groups -OCH3 is 3. The maximum atomic E-state index is 13.5. The normalized spacial score (nSPS) is 11.2. The lowest BCUT2D eigenvalue weighted by Crippen LogP contribution is -2.10. The van der Waals surface area contributed by atoms with E-state index in [-0.39, 0.29) is 21.3 Å². The monoisotopic (exact) mass is 492 g/mol. The Morgan fingerprint density at radius 3 is 2.03 bits per heavy atom. The first-order valence-electron chi connectivity index (χ1n) is 10.6. The molecule has 0 aliphatic heterocycles. The van der Waals surface area contributed by atoms with E-state index in [1.807, 2.05) is 19.1 Å². The average molecular weight is 493 g/mol. The molecule has 4 rings (SSSR count). The van der Waals surface area contributed by atoms with Crippen molar-refractivity contribution in [2.45, 2.75) is 17.0 Å². The lowest BCUT2D eigenvalue weighted by molar-refractivity contribution is 0.103. The van der Waals surface area contributed by atoms with Crippen LogP contribution in [0.4, 0.5) is 0 Å². The van der Waals surface area contributed by atoms with Crippen LogP contribution in [-0.2, 0) is 9.84 Å². The smallest absolute Gasteiger partial charge is 0.240 e. The number of aromatic nitrogens is 2. The minimum absolute atomic E-state index is 0.0444. The molecule has 0 aliphatic rings. The molecule has 0 N–H and O–H groups in total. The summed E-state index contributed by atoms with van der Waals surface area (Å²) in [6.07, 6.45) is 1.43. The lowest BCUT2D eigenvalue weighted by Gasteiger charge is -2.13. The van der Waals surface area contributed by atoms with Crippen molar-refractivity contribution >= 4 is 15.6 Å². The molecule has 0 bridgehead atoms. The largest absolute Gasteiger partial charge is 0.493 e. The summed E-state index contributed by atoms with van der Waals surface area (Å²) < 4.78 is 44.6. The number of imidazole rings is 1. The van der Waals surface area contributed by atoms with Crippen LogP contribution in [0.25, 0.3) is 5.69 Å². The van der Waals surface area contributed by atoms with E-state index in [9.17, 15) is 13.2 Å². The minimum atomic E-state index is -4.04. The van der Waals surface area contributed by atoms with Crippen molar-refractivity contribution in [3.63, 3.8) is 0 Å². The molecule has 4 aromatic rings. The average Bonchev–Trinajstić information content (AvgIpc) is 3.34. The van der Waals surface area contributed by atoms with Crippen molar-refractivity contribution in [1.82, 2.24) is 9.55 Å². The van der Waals surface area contributed by atoms with Gasteiger partial charge < -0.3 is 14.2 Å². The van der Waals surface area contributed by atoms with E-state index in [1.54, 1.807) is 30.3 Å². The summed E-state index contributed by atoms with van der Waals surface area (Å²) in [6.45, 7) is 1.86. The molecule has 1 heterocycles. The predicted molar refractivity (Wildman–Crippen MR) is 130 cm³/mol. The number of para-hydroxylation sites is 1. The van der Waals surface area contributed by atoms with Gasteiger partial charge in [0.25, 0.3) is 0 Å². The molecule has 9 heteroatoms. The second kappa shape index (κ2) is 9.63. The number of aryl methyl sites for hydroxylation is 1. The maximum Gasteiger partial charge on any atom is 0.240 e. The number of carbonyl (C=O) groups excluding carboxylic acids is 1. The molecule has 0 aliphatic carbocycles. The number of benzene rings is 3. The van der Waals surface area contributed by atoms with Crippen molar-refractivity contribution < 1.29 is 27.4 Å². The van der Waals surface area contributed by atoms with Crippen LogP contribution >= 0.6 is 0 Å². The molecule has 0 radical (unpaired) electrons. The molecule has 1 aromatic heterocycles. The van der Waals surface area contributed by atoms with Gasteiger partial charge in [0.2, 0.25) is 26.5 Å². The Kier molecular flexibility index (Phi) is 6.61. The first-order valence-corrected chi connectivity index (χ1v) is 12.1. The first-order chi connectivity index (χ1) is 16.8. The number of hydrogen-bond acceptors (Lipinski definition) is 7. The number of ether oxygens (including phenoxy) is 3. The molecule has 0 spiro atoms. The first kappa shape index (κ1) is 24.0. The third-order valence-corrected chi connectivity index (χ3v) is 7.16. The molecule has 0 unspecified atom stereocenters. The lowest BCUT2D eigenvalue weighted by atomic mass is 10.1. The van der Waals surface area contributed by atoms with Crippen molar-refractivity contribution in [2.24, 2.45) is 0 Å². The van der Waals surface area contributed by atoms with Crippen LogP contribution in [0.15, 0.2) is 83.0 Å². The molecule has 0 saturated heterocycles. The Hall–Kier alpha value is -4.11. The van der Waals surface area contributed by atoms with E-state index in [0.717, 1.165) is 5.56 Å². The summed E-state index contributed by atoms with van der Waals surface area (Å²) in [5.41, 5.74) is 1.58. The number of carbonyl (C=O) groups is 1. The van der Waals surface area contributed by atoms with Gasteiger partial charge >= 0.3 is 0 Å². The maximum absolute atomic E-state index is 13.5. The predicted octanol–water partition coefficient (Wildman–Crippen LogP) is 4.27. The highest BCUT2D eigenvalue weighted by Crippen LogP contribution is 2.39. The summed E-state index contributed by atoms with van der Waals surface area (Å²) in [6, 6.07) is 18.3. The van der Waals surface area contributed by atoms with Gasteiger partial charge in [-0.15, -0.1) is 0 Å². The zero-order valence-corrected chi connectivity index (χ0v) is 20.5. The van der Waals surface area contributed by atoms with Crippen LogP contribution in [0.3, 0.4) is 0 Å². The van der Waals surface area contributed by atoms with Crippen molar-refractivity contribution in [1.29, 1.82) is 0 Å². The number of sulfone groups is 1. The van der Waals surface area contributed by atoms with Gasteiger partial charge in [-0.05, 0) is 42.8 Å². The number of rotatable bonds is 8. The molecule has 3 aromatic carbocycles. The molecule has 0 fully saturated rings. The highest BCUT2D eigenvalue weighted by Gasteiger charge is 2.29. The van der Waals surface area contributed by atoms with Gasteiger partial charge in [-0.25, -0.2) is 13.4 Å². The number of nitrogens with zero attached hydrogens (tertiary/aromatic N) is 2. The minimum Gasteiger partial charge on any atom is -0.493 e. The fraction of sp³-hybridized carbons (Fsp3) is 0.154. The highest BCUT2D eigenvalue weighted by molar-refractivity contribution is 7.91. The van der Waals surface area contributed by atoms with Gasteiger partial charge in [0.1, 0.15) is 5.69 Å². The van der Waals surface area contributed by atoms with E-state index < -0.39 is 15.6 Å². The standard InChI is InChI=1S/C26H24N2O6S/c1-17-10-8-9-13-21(17)28-16-20(27-26(28)35(30,31)19-11-6-5-7-12-19)24(29)18-14-22(32-2)25(34-4)23(15-18)33-3/h5-16H,1-4H3. The fourth-order valence-corrected chi connectivity index (χ4v) is 5.09. The third kappa shape index (κ3) is 4.38. The van der Waals surface area contributed by atoms with E-state index in [1.165, 1.54) is 56.4 Å². The molecular weight excluding hydrogens is 468 g/mol. The quantitative estimate of drug-likeness (QED) is 0.339. The molecule has 0 amide bonds. The van der Waals surface area contributed by atoms with Crippen LogP contribution in [0.2, 0.25) is 0 Å². The zero-order valence-electron chi connectivity index (χ0n) is 19.7. The second-order valence-electron chi connectivity index (χ2n) is 7.62. The summed E-state index contributed by atoms with van der Waals surface area (Å²) in [5.74, 6) is 0.432. The van der Waals surface area contributed by atoms with Gasteiger partial charge in [-0.1, -0.05) is 36.4 Å². The van der Waals surface area contributed by atoms with Gasteiger partial charge in [-0.3, -0.25) is 9.36 Å². The zero-order chi connectivity index (χ0) is 25.2. The Labute approximate surface area is 203 Å². The van der Waals surface area contributed by atoms with Gasteiger partial charge in [-0.2, -0.15) is 0 Å².